The Balaban J connectivity index is 1.81. The number of benzene rings is 1. The first kappa shape index (κ1) is 15.5. The maximum atomic E-state index is 14.2. The molecular weight excluding hydrogens is 311 g/mol. The molecule has 0 radical (unpaired) electrons. The average molecular weight is 325 g/mol. The quantitative estimate of drug-likeness (QED) is 0.867. The van der Waals surface area contributed by atoms with E-state index in [1.54, 1.807) is 4.90 Å². The predicted molar refractivity (Wildman–Crippen MR) is 73.9 cm³/mol. The van der Waals surface area contributed by atoms with Gasteiger partial charge in [0.25, 0.3) is 5.89 Å². The molecule has 122 valence electrons. The van der Waals surface area contributed by atoms with Crippen molar-refractivity contribution in [3.8, 4) is 11.4 Å². The molecule has 1 fully saturated rings. The lowest BCUT2D eigenvalue weighted by molar-refractivity contribution is -0.128. The average Bonchev–Trinajstić information content (AvgIpc) is 3.10. The van der Waals surface area contributed by atoms with Gasteiger partial charge in [0.15, 0.2) is 0 Å². The third-order valence-corrected chi connectivity index (χ3v) is 3.65. The number of alkyl halides is 2. The summed E-state index contributed by atoms with van der Waals surface area (Å²) in [6.07, 6.45) is 1.26. The van der Waals surface area contributed by atoms with Gasteiger partial charge in [-0.1, -0.05) is 17.3 Å². The minimum atomic E-state index is -3.25. The van der Waals surface area contributed by atoms with Gasteiger partial charge in [0.2, 0.25) is 11.7 Å². The van der Waals surface area contributed by atoms with E-state index < -0.39 is 17.6 Å². The number of nitrogens with zero attached hydrogens (tertiary/aromatic N) is 3. The molecule has 3 rings (SSSR count). The molecule has 0 spiro atoms. The summed E-state index contributed by atoms with van der Waals surface area (Å²) in [5.41, 5.74) is 0.590. The Hall–Kier alpha value is -2.38. The van der Waals surface area contributed by atoms with Crippen molar-refractivity contribution in [1.82, 2.24) is 15.0 Å². The zero-order chi connectivity index (χ0) is 16.6. The van der Waals surface area contributed by atoms with Crippen LogP contribution >= 0.6 is 0 Å². The van der Waals surface area contributed by atoms with Crippen LogP contribution in [0.1, 0.15) is 31.2 Å². The second-order valence-electron chi connectivity index (χ2n) is 5.54. The molecule has 1 aromatic carbocycles. The van der Waals surface area contributed by atoms with Gasteiger partial charge >= 0.3 is 5.92 Å². The lowest BCUT2D eigenvalue weighted by Gasteiger charge is -2.16. The molecule has 5 nitrogen and oxygen atoms in total. The van der Waals surface area contributed by atoms with Gasteiger partial charge < -0.3 is 9.42 Å². The summed E-state index contributed by atoms with van der Waals surface area (Å²) < 4.78 is 44.8. The van der Waals surface area contributed by atoms with E-state index in [9.17, 15) is 18.0 Å². The number of carbonyl (C=O) groups is 1. The zero-order valence-corrected chi connectivity index (χ0v) is 12.4. The van der Waals surface area contributed by atoms with E-state index in [1.807, 2.05) is 0 Å². The Bertz CT molecular complexity index is 740. The summed E-state index contributed by atoms with van der Waals surface area (Å²) in [5.74, 6) is -4.72. The van der Waals surface area contributed by atoms with Gasteiger partial charge in [-0.05, 0) is 12.5 Å². The highest BCUT2D eigenvalue weighted by atomic mass is 19.3. The van der Waals surface area contributed by atoms with E-state index in [2.05, 4.69) is 14.7 Å². The Morgan fingerprint density at radius 2 is 2.17 bits per heavy atom. The van der Waals surface area contributed by atoms with Crippen LogP contribution < -0.4 is 0 Å². The molecule has 1 aromatic heterocycles. The molecule has 2 aromatic rings. The van der Waals surface area contributed by atoms with Crippen LogP contribution in [0.2, 0.25) is 0 Å². The van der Waals surface area contributed by atoms with Crippen LogP contribution in [0, 0.1) is 5.82 Å². The highest BCUT2D eigenvalue weighted by Crippen LogP contribution is 2.28. The van der Waals surface area contributed by atoms with Crippen LogP contribution in [0.5, 0.6) is 0 Å². The number of halogens is 3. The van der Waals surface area contributed by atoms with E-state index in [4.69, 9.17) is 0 Å². The molecule has 23 heavy (non-hydrogen) atoms. The molecule has 0 unspecified atom stereocenters. The van der Waals surface area contributed by atoms with E-state index in [-0.39, 0.29) is 23.8 Å². The van der Waals surface area contributed by atoms with Crippen molar-refractivity contribution in [1.29, 1.82) is 0 Å². The smallest absolute Gasteiger partial charge is 0.322 e. The summed E-state index contributed by atoms with van der Waals surface area (Å²) in [6, 6.07) is 4.16. The first-order valence-corrected chi connectivity index (χ1v) is 7.13. The molecule has 0 atom stereocenters. The summed E-state index contributed by atoms with van der Waals surface area (Å²) in [5, 5.41) is 3.44. The third-order valence-electron chi connectivity index (χ3n) is 3.65. The number of carbonyl (C=O) groups excluding carboxylic acids is 1. The van der Waals surface area contributed by atoms with E-state index in [0.717, 1.165) is 12.5 Å². The van der Waals surface area contributed by atoms with Crippen molar-refractivity contribution in [2.45, 2.75) is 32.2 Å². The topological polar surface area (TPSA) is 59.2 Å². The van der Waals surface area contributed by atoms with E-state index >= 15 is 0 Å². The van der Waals surface area contributed by atoms with Crippen LogP contribution in [-0.4, -0.2) is 27.5 Å². The molecule has 2 heterocycles. The highest BCUT2D eigenvalue weighted by molar-refractivity contribution is 5.78. The van der Waals surface area contributed by atoms with Gasteiger partial charge in [-0.2, -0.15) is 13.8 Å². The minimum Gasteiger partial charge on any atom is -0.338 e. The van der Waals surface area contributed by atoms with Gasteiger partial charge in [0, 0.05) is 37.6 Å². The molecule has 1 aliphatic rings. The van der Waals surface area contributed by atoms with Crippen molar-refractivity contribution in [3.63, 3.8) is 0 Å². The second kappa shape index (κ2) is 5.68. The van der Waals surface area contributed by atoms with Crippen molar-refractivity contribution in [2.24, 2.45) is 0 Å². The lowest BCUT2D eigenvalue weighted by atomic mass is 10.1. The Labute approximate surface area is 130 Å². The summed E-state index contributed by atoms with van der Waals surface area (Å²) in [6.45, 7) is 1.44. The molecule has 1 amide bonds. The number of aromatic nitrogens is 2. The fourth-order valence-electron chi connectivity index (χ4n) is 2.41. The monoisotopic (exact) mass is 325 g/mol. The lowest BCUT2D eigenvalue weighted by Crippen LogP contribution is -2.24. The molecule has 8 heteroatoms. The molecule has 1 saturated heterocycles. The zero-order valence-electron chi connectivity index (χ0n) is 12.4. The molecule has 0 aliphatic carbocycles. The normalized spacial score (nSPS) is 15.5. The van der Waals surface area contributed by atoms with Crippen molar-refractivity contribution in [2.75, 3.05) is 6.54 Å². The summed E-state index contributed by atoms with van der Waals surface area (Å²) in [7, 11) is 0. The largest absolute Gasteiger partial charge is 0.338 e. The van der Waals surface area contributed by atoms with Crippen molar-refractivity contribution >= 4 is 5.91 Å². The molecular formula is C15H14F3N3O2. The Morgan fingerprint density at radius 1 is 1.39 bits per heavy atom. The fourth-order valence-corrected chi connectivity index (χ4v) is 2.41. The summed E-state index contributed by atoms with van der Waals surface area (Å²) in [4.78, 5) is 16.7. The van der Waals surface area contributed by atoms with Gasteiger partial charge in [0.05, 0.1) is 0 Å². The maximum Gasteiger partial charge on any atom is 0.322 e. The highest BCUT2D eigenvalue weighted by Gasteiger charge is 2.32. The number of hydrogen-bond acceptors (Lipinski definition) is 4. The van der Waals surface area contributed by atoms with Crippen LogP contribution in [0.15, 0.2) is 22.7 Å². The van der Waals surface area contributed by atoms with Crippen molar-refractivity contribution in [3.05, 3.63) is 35.5 Å². The van der Waals surface area contributed by atoms with Gasteiger partial charge in [-0.3, -0.25) is 4.79 Å². The van der Waals surface area contributed by atoms with Crippen LogP contribution in [0.4, 0.5) is 13.2 Å². The summed E-state index contributed by atoms with van der Waals surface area (Å²) >= 11 is 0. The first-order valence-electron chi connectivity index (χ1n) is 7.13. The molecule has 1 aliphatic heterocycles. The predicted octanol–water partition coefficient (Wildman–Crippen LogP) is 3.11. The van der Waals surface area contributed by atoms with E-state index in [0.29, 0.717) is 25.5 Å². The van der Waals surface area contributed by atoms with Crippen LogP contribution in [0.3, 0.4) is 0 Å². The molecule has 0 N–H and O–H groups in total. The second-order valence-corrected chi connectivity index (χ2v) is 5.54. The van der Waals surface area contributed by atoms with Gasteiger partial charge in [0.1, 0.15) is 5.82 Å². The van der Waals surface area contributed by atoms with Gasteiger partial charge in [-0.25, -0.2) is 4.39 Å². The van der Waals surface area contributed by atoms with Crippen LogP contribution in [-0.2, 0) is 17.3 Å². The van der Waals surface area contributed by atoms with E-state index in [1.165, 1.54) is 12.1 Å². The Morgan fingerprint density at radius 3 is 2.74 bits per heavy atom. The maximum absolute atomic E-state index is 14.2. The number of amides is 1. The Kier molecular flexibility index (Phi) is 3.83. The van der Waals surface area contributed by atoms with Gasteiger partial charge in [-0.15, -0.1) is 0 Å². The fraction of sp³-hybridized carbons (Fsp3) is 0.400. The number of rotatable bonds is 4. The third kappa shape index (κ3) is 3.20. The molecule has 0 bridgehead atoms. The van der Waals surface area contributed by atoms with Crippen molar-refractivity contribution < 1.29 is 22.5 Å². The first-order chi connectivity index (χ1) is 10.8. The number of likely N-dealkylation sites (tertiary alicyclic amines) is 1. The number of hydrogen-bond donors (Lipinski definition) is 0. The minimum absolute atomic E-state index is 0.00136. The van der Waals surface area contributed by atoms with Crippen LogP contribution in [0.25, 0.3) is 11.4 Å². The SMILES string of the molecule is CC(F)(F)c1nc(-c2ccc(CN3CCCC3=O)c(F)c2)no1. The standard InChI is InChI=1S/C15H14F3N3O2/c1-15(17,18)14-19-13(20-23-14)9-4-5-10(11(16)7-9)8-21-6-2-3-12(21)22/h4-5,7H,2-3,6,8H2,1H3. The molecule has 0 saturated carbocycles.